The van der Waals surface area contributed by atoms with Crippen molar-refractivity contribution in [1.29, 1.82) is 0 Å². The second kappa shape index (κ2) is 11.4. The fourth-order valence-electron chi connectivity index (χ4n) is 5.67. The first-order valence-corrected chi connectivity index (χ1v) is 13.2. The van der Waals surface area contributed by atoms with Crippen molar-refractivity contribution in [1.82, 2.24) is 24.8 Å². The number of likely N-dealkylation sites (tertiary alicyclic amines) is 1. The number of rotatable bonds is 8. The van der Waals surface area contributed by atoms with Gasteiger partial charge in [0.1, 0.15) is 5.75 Å². The molecule has 1 unspecified atom stereocenters. The van der Waals surface area contributed by atoms with E-state index in [1.807, 2.05) is 35.4 Å². The minimum Gasteiger partial charge on any atom is -0.496 e. The van der Waals surface area contributed by atoms with Crippen LogP contribution in [-0.2, 0) is 6.54 Å². The molecule has 0 aromatic carbocycles. The van der Waals surface area contributed by atoms with Crippen molar-refractivity contribution in [3.05, 3.63) is 62.3 Å². The predicted molar refractivity (Wildman–Crippen MR) is 142 cm³/mol. The van der Waals surface area contributed by atoms with Gasteiger partial charge >= 0.3 is 6.18 Å². The minimum absolute atomic E-state index is 0.00500. The highest BCUT2D eigenvalue weighted by molar-refractivity contribution is 6.03. The molecule has 0 radical (unpaired) electrons. The van der Waals surface area contributed by atoms with Crippen molar-refractivity contribution in [2.75, 3.05) is 26.7 Å². The standard InChI is InChI=1S/C28H36F3N5O3/c1-16-6-7-22-24(27(38)32-15-21-23(39-5)14-17(2)33-26(21)37)19(4)25(36(22)34-16)18(3)20-8-11-35(12-9-20)13-10-28(29,30)31/h6-7,14,18,20H,8-13,15H2,1-5H3,(H,32,38)(H,33,37). The van der Waals surface area contributed by atoms with Crippen LogP contribution in [0.4, 0.5) is 13.2 Å². The lowest BCUT2D eigenvalue weighted by Gasteiger charge is -2.35. The van der Waals surface area contributed by atoms with Crippen LogP contribution in [0.1, 0.15) is 70.7 Å². The van der Waals surface area contributed by atoms with E-state index in [4.69, 9.17) is 9.84 Å². The van der Waals surface area contributed by atoms with Crippen molar-refractivity contribution in [2.24, 2.45) is 5.92 Å². The molecule has 3 aromatic heterocycles. The molecule has 11 heteroatoms. The van der Waals surface area contributed by atoms with Gasteiger partial charge in [0.2, 0.25) is 0 Å². The molecule has 0 aliphatic carbocycles. The smallest absolute Gasteiger partial charge is 0.390 e. The van der Waals surface area contributed by atoms with E-state index in [9.17, 15) is 22.8 Å². The highest BCUT2D eigenvalue weighted by Gasteiger charge is 2.33. The van der Waals surface area contributed by atoms with Crippen molar-refractivity contribution >= 4 is 11.4 Å². The van der Waals surface area contributed by atoms with Crippen LogP contribution in [0.2, 0.25) is 0 Å². The number of amides is 1. The summed E-state index contributed by atoms with van der Waals surface area (Å²) < 4.78 is 45.2. The first-order chi connectivity index (χ1) is 18.4. The maximum atomic E-state index is 13.5. The molecule has 0 spiro atoms. The van der Waals surface area contributed by atoms with Gasteiger partial charge in [-0.2, -0.15) is 18.3 Å². The van der Waals surface area contributed by atoms with Crippen LogP contribution in [0.5, 0.6) is 5.75 Å². The molecular formula is C28H36F3N5O3. The van der Waals surface area contributed by atoms with Crippen LogP contribution in [0.25, 0.3) is 5.52 Å². The largest absolute Gasteiger partial charge is 0.496 e. The first-order valence-electron chi connectivity index (χ1n) is 13.2. The molecule has 39 heavy (non-hydrogen) atoms. The van der Waals surface area contributed by atoms with Crippen LogP contribution >= 0.6 is 0 Å². The quantitative estimate of drug-likeness (QED) is 0.428. The van der Waals surface area contributed by atoms with Gasteiger partial charge in [-0.25, -0.2) is 4.52 Å². The maximum Gasteiger partial charge on any atom is 0.390 e. The summed E-state index contributed by atoms with van der Waals surface area (Å²) in [5.74, 6) is 0.372. The summed E-state index contributed by atoms with van der Waals surface area (Å²) in [6, 6.07) is 5.44. The van der Waals surface area contributed by atoms with Gasteiger partial charge in [-0.1, -0.05) is 6.92 Å². The number of H-pyrrole nitrogens is 1. The van der Waals surface area contributed by atoms with E-state index < -0.39 is 12.6 Å². The second-order valence-electron chi connectivity index (χ2n) is 10.5. The van der Waals surface area contributed by atoms with E-state index in [-0.39, 0.29) is 36.4 Å². The van der Waals surface area contributed by atoms with Gasteiger partial charge in [0.15, 0.2) is 0 Å². The summed E-state index contributed by atoms with van der Waals surface area (Å²) in [5.41, 5.74) is 4.37. The van der Waals surface area contributed by atoms with Gasteiger partial charge in [0.05, 0.1) is 42.4 Å². The van der Waals surface area contributed by atoms with Crippen molar-refractivity contribution in [2.45, 2.75) is 65.6 Å². The molecular weight excluding hydrogens is 511 g/mol. The summed E-state index contributed by atoms with van der Waals surface area (Å²) in [6.45, 7) is 8.90. The Bertz CT molecular complexity index is 1400. The molecule has 0 saturated carbocycles. The number of piperidine rings is 1. The Morgan fingerprint density at radius 2 is 1.92 bits per heavy atom. The molecule has 1 fully saturated rings. The number of fused-ring (bicyclic) bond motifs is 1. The molecule has 1 atom stereocenters. The van der Waals surface area contributed by atoms with Gasteiger partial charge in [-0.3, -0.25) is 9.59 Å². The number of aromatic amines is 1. The van der Waals surface area contributed by atoms with E-state index in [1.54, 1.807) is 13.0 Å². The molecule has 1 aliphatic heterocycles. The number of nitrogens with zero attached hydrogens (tertiary/aromatic N) is 3. The van der Waals surface area contributed by atoms with Gasteiger partial charge in [-0.15, -0.1) is 0 Å². The van der Waals surface area contributed by atoms with E-state index in [2.05, 4.69) is 17.2 Å². The normalized spacial score (nSPS) is 16.0. The third-order valence-corrected chi connectivity index (χ3v) is 7.80. The molecule has 3 aromatic rings. The van der Waals surface area contributed by atoms with E-state index in [1.165, 1.54) is 7.11 Å². The monoisotopic (exact) mass is 547 g/mol. The number of methoxy groups -OCH3 is 1. The fraction of sp³-hybridized carbons (Fsp3) is 0.536. The Labute approximate surface area is 225 Å². The third-order valence-electron chi connectivity index (χ3n) is 7.80. The zero-order chi connectivity index (χ0) is 28.5. The van der Waals surface area contributed by atoms with Crippen molar-refractivity contribution in [3.63, 3.8) is 0 Å². The number of aryl methyl sites for hydroxylation is 2. The lowest BCUT2D eigenvalue weighted by molar-refractivity contribution is -0.138. The minimum atomic E-state index is -4.15. The molecule has 8 nitrogen and oxygen atoms in total. The molecule has 1 saturated heterocycles. The average molecular weight is 548 g/mol. The molecule has 212 valence electrons. The van der Waals surface area contributed by atoms with E-state index in [0.29, 0.717) is 41.2 Å². The highest BCUT2D eigenvalue weighted by Crippen LogP contribution is 2.37. The Morgan fingerprint density at radius 3 is 2.56 bits per heavy atom. The zero-order valence-electron chi connectivity index (χ0n) is 23.0. The number of aromatic nitrogens is 3. The number of ether oxygens (including phenoxy) is 1. The number of alkyl halides is 3. The Kier molecular flexibility index (Phi) is 8.39. The van der Waals surface area contributed by atoms with E-state index >= 15 is 0 Å². The number of carbonyl (C=O) groups excluding carboxylic acids is 1. The van der Waals surface area contributed by atoms with Crippen LogP contribution in [0.3, 0.4) is 0 Å². The van der Waals surface area contributed by atoms with Crippen molar-refractivity contribution in [3.8, 4) is 5.75 Å². The lowest BCUT2D eigenvalue weighted by atomic mass is 9.82. The lowest BCUT2D eigenvalue weighted by Crippen LogP contribution is -2.37. The fourth-order valence-corrected chi connectivity index (χ4v) is 5.67. The molecule has 4 heterocycles. The van der Waals surface area contributed by atoms with Crippen LogP contribution in [-0.4, -0.2) is 58.3 Å². The Hall–Kier alpha value is -3.34. The second-order valence-corrected chi connectivity index (χ2v) is 10.5. The van der Waals surface area contributed by atoms with E-state index in [0.717, 1.165) is 29.8 Å². The number of halogens is 3. The predicted octanol–water partition coefficient (Wildman–Crippen LogP) is 4.65. The SMILES string of the molecule is COc1cc(C)[nH]c(=O)c1CNC(=O)c1c(C)c(C(C)C2CCN(CCC(F)(F)F)CC2)n2nc(C)ccc12. The molecule has 4 rings (SSSR count). The molecule has 2 N–H and O–H groups in total. The topological polar surface area (TPSA) is 91.7 Å². The Balaban J connectivity index is 1.57. The Morgan fingerprint density at radius 1 is 1.23 bits per heavy atom. The van der Waals surface area contributed by atoms with Crippen LogP contribution in [0.15, 0.2) is 23.0 Å². The molecule has 1 amide bonds. The summed E-state index contributed by atoms with van der Waals surface area (Å²) in [5, 5.41) is 7.61. The summed E-state index contributed by atoms with van der Waals surface area (Å²) in [4.78, 5) is 30.6. The molecule has 0 bridgehead atoms. The number of carbonyl (C=O) groups is 1. The van der Waals surface area contributed by atoms with Gasteiger partial charge in [-0.05, 0) is 76.4 Å². The van der Waals surface area contributed by atoms with Gasteiger partial charge in [0, 0.05) is 23.9 Å². The van der Waals surface area contributed by atoms with Crippen LogP contribution in [0, 0.1) is 26.7 Å². The number of hydrogen-bond donors (Lipinski definition) is 2. The number of nitrogens with one attached hydrogen (secondary N) is 2. The number of pyridine rings is 1. The molecule has 1 aliphatic rings. The van der Waals surface area contributed by atoms with Gasteiger partial charge in [0.25, 0.3) is 11.5 Å². The average Bonchev–Trinajstić information content (AvgIpc) is 3.16. The zero-order valence-corrected chi connectivity index (χ0v) is 23.0. The third kappa shape index (κ3) is 6.29. The van der Waals surface area contributed by atoms with Crippen LogP contribution < -0.4 is 15.6 Å². The summed E-state index contributed by atoms with van der Waals surface area (Å²) in [7, 11) is 1.48. The van der Waals surface area contributed by atoms with Gasteiger partial charge < -0.3 is 19.9 Å². The highest BCUT2D eigenvalue weighted by atomic mass is 19.4. The summed E-state index contributed by atoms with van der Waals surface area (Å²) in [6.07, 6.45) is -3.40. The summed E-state index contributed by atoms with van der Waals surface area (Å²) >= 11 is 0. The number of hydrogen-bond acceptors (Lipinski definition) is 5. The first kappa shape index (κ1) is 28.7. The van der Waals surface area contributed by atoms with Crippen molar-refractivity contribution < 1.29 is 22.7 Å². The maximum absolute atomic E-state index is 13.5.